The minimum atomic E-state index is -0.393. The van der Waals surface area contributed by atoms with Crippen LogP contribution in [0.5, 0.6) is 0 Å². The van der Waals surface area contributed by atoms with Crippen LogP contribution in [0.3, 0.4) is 0 Å². The average Bonchev–Trinajstić information content (AvgIpc) is 2.30. The molecule has 0 aromatic heterocycles. The summed E-state index contributed by atoms with van der Waals surface area (Å²) in [7, 11) is 2.02. The van der Waals surface area contributed by atoms with Crippen molar-refractivity contribution in [2.24, 2.45) is 11.1 Å². The van der Waals surface area contributed by atoms with Crippen molar-refractivity contribution in [2.75, 3.05) is 20.1 Å². The van der Waals surface area contributed by atoms with Crippen LogP contribution in [0, 0.1) is 15.5 Å². The Morgan fingerprint density at radius 2 is 2.11 bits per heavy atom. The lowest BCUT2D eigenvalue weighted by atomic mass is 9.93. The molecule has 0 radical (unpaired) electrons. The van der Waals surface area contributed by atoms with Crippen LogP contribution in [0.2, 0.25) is 0 Å². The number of nitro groups is 1. The summed E-state index contributed by atoms with van der Waals surface area (Å²) >= 11 is 3.38. The SMILES string of the molecule is CN(Cc1ccc([N+](=O)[O-])cc1Br)CC(C)(C)CN. The van der Waals surface area contributed by atoms with Crippen molar-refractivity contribution in [2.45, 2.75) is 20.4 Å². The first-order valence-electron chi connectivity index (χ1n) is 6.06. The second kappa shape index (κ2) is 6.45. The van der Waals surface area contributed by atoms with Gasteiger partial charge in [0, 0.05) is 29.7 Å². The highest BCUT2D eigenvalue weighted by Gasteiger charge is 2.19. The molecule has 5 nitrogen and oxygen atoms in total. The van der Waals surface area contributed by atoms with Crippen LogP contribution < -0.4 is 5.73 Å². The van der Waals surface area contributed by atoms with Crippen LogP contribution >= 0.6 is 15.9 Å². The Morgan fingerprint density at radius 1 is 1.47 bits per heavy atom. The Kier molecular flexibility index (Phi) is 5.46. The lowest BCUT2D eigenvalue weighted by Gasteiger charge is -2.29. The molecule has 0 heterocycles. The Bertz CT molecular complexity index is 463. The van der Waals surface area contributed by atoms with E-state index in [0.717, 1.165) is 23.1 Å². The first-order valence-corrected chi connectivity index (χ1v) is 6.86. The van der Waals surface area contributed by atoms with Gasteiger partial charge in [0.1, 0.15) is 0 Å². The van der Waals surface area contributed by atoms with Gasteiger partial charge in [-0.1, -0.05) is 29.8 Å². The number of nitrogens with two attached hydrogens (primary N) is 1. The summed E-state index contributed by atoms with van der Waals surface area (Å²) in [4.78, 5) is 12.4. The second-order valence-electron chi connectivity index (χ2n) is 5.57. The molecule has 0 fully saturated rings. The third-order valence-electron chi connectivity index (χ3n) is 2.94. The summed E-state index contributed by atoms with van der Waals surface area (Å²) in [5.41, 5.74) is 6.90. The van der Waals surface area contributed by atoms with Gasteiger partial charge in [0.15, 0.2) is 0 Å². The molecule has 1 aromatic rings. The molecule has 0 aliphatic carbocycles. The quantitative estimate of drug-likeness (QED) is 0.643. The summed E-state index contributed by atoms with van der Waals surface area (Å²) in [6, 6.07) is 4.85. The van der Waals surface area contributed by atoms with E-state index < -0.39 is 4.92 Å². The molecule has 1 aromatic carbocycles. The molecule has 106 valence electrons. The molecule has 6 heteroatoms. The van der Waals surface area contributed by atoms with Crippen molar-refractivity contribution in [3.05, 3.63) is 38.3 Å². The number of hydrogen-bond acceptors (Lipinski definition) is 4. The minimum absolute atomic E-state index is 0.0575. The van der Waals surface area contributed by atoms with Gasteiger partial charge in [0.2, 0.25) is 0 Å². The zero-order chi connectivity index (χ0) is 14.6. The number of benzene rings is 1. The van der Waals surface area contributed by atoms with Crippen LogP contribution in [-0.4, -0.2) is 30.0 Å². The van der Waals surface area contributed by atoms with Gasteiger partial charge in [-0.25, -0.2) is 0 Å². The molecule has 0 unspecified atom stereocenters. The third-order valence-corrected chi connectivity index (χ3v) is 3.68. The zero-order valence-electron chi connectivity index (χ0n) is 11.5. The van der Waals surface area contributed by atoms with Gasteiger partial charge in [-0.3, -0.25) is 10.1 Å². The van der Waals surface area contributed by atoms with Gasteiger partial charge >= 0.3 is 0 Å². The monoisotopic (exact) mass is 329 g/mol. The minimum Gasteiger partial charge on any atom is -0.330 e. The Balaban J connectivity index is 2.75. The summed E-state index contributed by atoms with van der Waals surface area (Å²) < 4.78 is 0.763. The predicted molar refractivity (Wildman–Crippen MR) is 80.0 cm³/mol. The number of non-ortho nitro benzene ring substituents is 1. The van der Waals surface area contributed by atoms with E-state index in [0.29, 0.717) is 6.54 Å². The van der Waals surface area contributed by atoms with Crippen LogP contribution in [0.4, 0.5) is 5.69 Å². The summed E-state index contributed by atoms with van der Waals surface area (Å²) in [5.74, 6) is 0. The normalized spacial score (nSPS) is 11.9. The molecule has 2 N–H and O–H groups in total. The van der Waals surface area contributed by atoms with Crippen molar-refractivity contribution < 1.29 is 4.92 Å². The summed E-state index contributed by atoms with van der Waals surface area (Å²) in [5, 5.41) is 10.7. The maximum absolute atomic E-state index is 10.7. The fraction of sp³-hybridized carbons (Fsp3) is 0.538. The van der Waals surface area contributed by atoms with Crippen molar-refractivity contribution >= 4 is 21.6 Å². The van der Waals surface area contributed by atoms with Crippen LogP contribution in [0.15, 0.2) is 22.7 Å². The van der Waals surface area contributed by atoms with E-state index in [1.807, 2.05) is 7.05 Å². The Labute approximate surface area is 122 Å². The molecular formula is C13H20BrN3O2. The van der Waals surface area contributed by atoms with Gasteiger partial charge in [-0.2, -0.15) is 0 Å². The summed E-state index contributed by atoms with van der Waals surface area (Å²) in [6.45, 7) is 6.45. The Hall–Kier alpha value is -0.980. The molecule has 0 atom stereocenters. The molecule has 0 saturated carbocycles. The molecule has 0 saturated heterocycles. The lowest BCUT2D eigenvalue weighted by Crippen LogP contribution is -2.36. The van der Waals surface area contributed by atoms with E-state index >= 15 is 0 Å². The first-order chi connectivity index (χ1) is 8.75. The van der Waals surface area contributed by atoms with Gasteiger partial charge in [-0.15, -0.1) is 0 Å². The molecule has 0 aliphatic heterocycles. The maximum atomic E-state index is 10.7. The van der Waals surface area contributed by atoms with Crippen molar-refractivity contribution in [1.29, 1.82) is 0 Å². The second-order valence-corrected chi connectivity index (χ2v) is 6.43. The first kappa shape index (κ1) is 16.1. The molecule has 1 rings (SSSR count). The van der Waals surface area contributed by atoms with E-state index in [1.54, 1.807) is 6.07 Å². The number of nitro benzene ring substituents is 1. The zero-order valence-corrected chi connectivity index (χ0v) is 13.1. The van der Waals surface area contributed by atoms with E-state index in [-0.39, 0.29) is 11.1 Å². The standard InChI is InChI=1S/C13H20BrN3O2/c1-13(2,8-15)9-16(3)7-10-4-5-11(17(18)19)6-12(10)14/h4-6H,7-9,15H2,1-3H3. The molecule has 19 heavy (non-hydrogen) atoms. The van der Waals surface area contributed by atoms with Gasteiger partial charge < -0.3 is 10.6 Å². The van der Waals surface area contributed by atoms with E-state index in [9.17, 15) is 10.1 Å². The van der Waals surface area contributed by atoms with Gasteiger partial charge in [-0.05, 0) is 30.6 Å². The molecule has 0 aliphatic rings. The van der Waals surface area contributed by atoms with Crippen molar-refractivity contribution in [1.82, 2.24) is 4.90 Å². The van der Waals surface area contributed by atoms with E-state index in [2.05, 4.69) is 34.7 Å². The predicted octanol–water partition coefficient (Wildman–Crippen LogP) is 2.77. The topological polar surface area (TPSA) is 72.4 Å². The fourth-order valence-corrected chi connectivity index (χ4v) is 2.41. The Morgan fingerprint density at radius 3 is 2.58 bits per heavy atom. The molecule has 0 amide bonds. The largest absolute Gasteiger partial charge is 0.330 e. The van der Waals surface area contributed by atoms with Gasteiger partial charge in [0.25, 0.3) is 5.69 Å². The fourth-order valence-electron chi connectivity index (χ4n) is 1.92. The highest BCUT2D eigenvalue weighted by atomic mass is 79.9. The molecule has 0 spiro atoms. The number of hydrogen-bond donors (Lipinski definition) is 1. The van der Waals surface area contributed by atoms with E-state index in [1.165, 1.54) is 12.1 Å². The smallest absolute Gasteiger partial charge is 0.270 e. The van der Waals surface area contributed by atoms with Crippen LogP contribution in [-0.2, 0) is 6.54 Å². The lowest BCUT2D eigenvalue weighted by molar-refractivity contribution is -0.384. The maximum Gasteiger partial charge on any atom is 0.270 e. The molecule has 0 bridgehead atoms. The average molecular weight is 330 g/mol. The number of rotatable bonds is 6. The molecular weight excluding hydrogens is 310 g/mol. The number of halogens is 1. The highest BCUT2D eigenvalue weighted by Crippen LogP contribution is 2.24. The van der Waals surface area contributed by atoms with Crippen LogP contribution in [0.1, 0.15) is 19.4 Å². The van der Waals surface area contributed by atoms with Crippen molar-refractivity contribution in [3.8, 4) is 0 Å². The number of nitrogens with zero attached hydrogens (tertiary/aromatic N) is 2. The van der Waals surface area contributed by atoms with E-state index in [4.69, 9.17) is 5.73 Å². The third kappa shape index (κ3) is 4.89. The highest BCUT2D eigenvalue weighted by molar-refractivity contribution is 9.10. The van der Waals surface area contributed by atoms with Crippen molar-refractivity contribution in [3.63, 3.8) is 0 Å². The summed E-state index contributed by atoms with van der Waals surface area (Å²) in [6.07, 6.45) is 0. The van der Waals surface area contributed by atoms with Gasteiger partial charge in [0.05, 0.1) is 4.92 Å². The van der Waals surface area contributed by atoms with Crippen LogP contribution in [0.25, 0.3) is 0 Å².